The number of imidazole rings is 1. The fourth-order valence-electron chi connectivity index (χ4n) is 2.34. The molecule has 0 aliphatic heterocycles. The van der Waals surface area contributed by atoms with Crippen LogP contribution in [0.15, 0.2) is 36.7 Å². The fraction of sp³-hybridized carbons (Fsp3) is 0.333. The Morgan fingerprint density at radius 1 is 1.55 bits per heavy atom. The summed E-state index contributed by atoms with van der Waals surface area (Å²) in [7, 11) is 1.88. The fourth-order valence-corrected chi connectivity index (χ4v) is 2.54. The van der Waals surface area contributed by atoms with Crippen molar-refractivity contribution in [2.45, 2.75) is 18.9 Å². The average Bonchev–Trinajstić information content (AvgIpc) is 3.13. The van der Waals surface area contributed by atoms with Gasteiger partial charge in [-0.25, -0.2) is 4.98 Å². The molecule has 0 radical (unpaired) electrons. The number of hydrogen-bond donors (Lipinski definition) is 0. The first-order chi connectivity index (χ1) is 9.65. The van der Waals surface area contributed by atoms with Crippen molar-refractivity contribution in [3.05, 3.63) is 53.1 Å². The number of carbonyl (C=O) groups excluding carboxylic acids is 1. The quantitative estimate of drug-likeness (QED) is 0.813. The van der Waals surface area contributed by atoms with Crippen LogP contribution in [0.2, 0.25) is 5.02 Å². The molecule has 1 aliphatic rings. The van der Waals surface area contributed by atoms with Gasteiger partial charge in [0.25, 0.3) is 0 Å². The molecular weight excluding hydrogens is 276 g/mol. The van der Waals surface area contributed by atoms with Gasteiger partial charge in [-0.2, -0.15) is 0 Å². The van der Waals surface area contributed by atoms with E-state index in [2.05, 4.69) is 4.98 Å². The Morgan fingerprint density at radius 2 is 2.40 bits per heavy atom. The summed E-state index contributed by atoms with van der Waals surface area (Å²) in [5.74, 6) is 0.785. The minimum absolute atomic E-state index is 0.0475. The van der Waals surface area contributed by atoms with E-state index >= 15 is 0 Å². The molecule has 0 spiro atoms. The van der Waals surface area contributed by atoms with Crippen LogP contribution < -0.4 is 0 Å². The Labute approximate surface area is 122 Å². The van der Waals surface area contributed by atoms with Crippen molar-refractivity contribution in [3.8, 4) is 0 Å². The second kappa shape index (κ2) is 5.29. The van der Waals surface area contributed by atoms with Crippen molar-refractivity contribution in [3.63, 3.8) is 0 Å². The predicted molar refractivity (Wildman–Crippen MR) is 75.3 cm³/mol. The highest BCUT2D eigenvalue weighted by atomic mass is 35.5. The number of esters is 1. The van der Waals surface area contributed by atoms with Crippen LogP contribution in [0, 0.1) is 5.92 Å². The second-order valence-electron chi connectivity index (χ2n) is 5.07. The summed E-state index contributed by atoms with van der Waals surface area (Å²) in [6.45, 7) is 0.223. The van der Waals surface area contributed by atoms with Crippen LogP contribution in [0.3, 0.4) is 0 Å². The molecule has 0 bridgehead atoms. The lowest BCUT2D eigenvalue weighted by atomic mass is 10.1. The van der Waals surface area contributed by atoms with Crippen molar-refractivity contribution >= 4 is 17.6 Å². The first-order valence-electron chi connectivity index (χ1n) is 6.53. The predicted octanol–water partition coefficient (Wildman–Crippen LogP) is 2.92. The summed E-state index contributed by atoms with van der Waals surface area (Å²) < 4.78 is 7.16. The molecule has 0 saturated heterocycles. The Morgan fingerprint density at radius 3 is 3.10 bits per heavy atom. The van der Waals surface area contributed by atoms with Crippen molar-refractivity contribution in [2.75, 3.05) is 0 Å². The van der Waals surface area contributed by atoms with Gasteiger partial charge in [0, 0.05) is 24.5 Å². The topological polar surface area (TPSA) is 44.1 Å². The van der Waals surface area contributed by atoms with E-state index in [0.717, 1.165) is 17.8 Å². The van der Waals surface area contributed by atoms with E-state index in [1.807, 2.05) is 42.1 Å². The number of rotatable bonds is 4. The number of nitrogens with zero attached hydrogens (tertiary/aromatic N) is 2. The largest absolute Gasteiger partial charge is 0.457 e. The van der Waals surface area contributed by atoms with E-state index in [4.69, 9.17) is 16.3 Å². The SMILES string of the molecule is Cn1ccnc1COC(=O)[C@H]1C[C@H]1c1cccc(Cl)c1. The third-order valence-corrected chi connectivity index (χ3v) is 3.87. The van der Waals surface area contributed by atoms with Gasteiger partial charge in [-0.05, 0) is 30.0 Å². The molecule has 5 heteroatoms. The van der Waals surface area contributed by atoms with Crippen LogP contribution in [0.1, 0.15) is 23.7 Å². The minimum atomic E-state index is -0.155. The van der Waals surface area contributed by atoms with Crippen molar-refractivity contribution < 1.29 is 9.53 Å². The monoisotopic (exact) mass is 290 g/mol. The number of aromatic nitrogens is 2. The normalized spacial score (nSPS) is 20.7. The summed E-state index contributed by atoms with van der Waals surface area (Å²) in [5, 5.41) is 0.703. The maximum atomic E-state index is 12.0. The molecule has 20 heavy (non-hydrogen) atoms. The summed E-state index contributed by atoms with van der Waals surface area (Å²) in [4.78, 5) is 16.1. The van der Waals surface area contributed by atoms with Crippen molar-refractivity contribution in [1.82, 2.24) is 9.55 Å². The molecule has 2 atom stereocenters. The van der Waals surface area contributed by atoms with E-state index < -0.39 is 0 Å². The Hall–Kier alpha value is -1.81. The number of carbonyl (C=O) groups is 1. The summed E-state index contributed by atoms with van der Waals surface area (Å²) in [6, 6.07) is 7.66. The molecule has 1 heterocycles. The van der Waals surface area contributed by atoms with Crippen LogP contribution in [0.5, 0.6) is 0 Å². The Kier molecular flexibility index (Phi) is 3.49. The zero-order valence-electron chi connectivity index (χ0n) is 11.1. The first-order valence-corrected chi connectivity index (χ1v) is 6.91. The van der Waals surface area contributed by atoms with Crippen LogP contribution in [-0.2, 0) is 23.2 Å². The molecule has 1 aromatic heterocycles. The van der Waals surface area contributed by atoms with Crippen molar-refractivity contribution in [2.24, 2.45) is 13.0 Å². The number of benzene rings is 1. The lowest BCUT2D eigenvalue weighted by molar-refractivity contribution is -0.146. The molecule has 2 aromatic rings. The van der Waals surface area contributed by atoms with Crippen molar-refractivity contribution in [1.29, 1.82) is 0 Å². The van der Waals surface area contributed by atoms with E-state index in [1.165, 1.54) is 0 Å². The van der Waals surface area contributed by atoms with Crippen LogP contribution in [0.4, 0.5) is 0 Å². The summed E-state index contributed by atoms with van der Waals surface area (Å²) in [5.41, 5.74) is 1.11. The molecule has 1 aromatic carbocycles. The first kappa shape index (κ1) is 13.2. The molecule has 0 amide bonds. The van der Waals surface area contributed by atoms with Gasteiger partial charge in [0.2, 0.25) is 0 Å². The molecule has 4 nitrogen and oxygen atoms in total. The number of ether oxygens (including phenoxy) is 1. The number of hydrogen-bond acceptors (Lipinski definition) is 3. The van der Waals surface area contributed by atoms with Gasteiger partial charge < -0.3 is 9.30 Å². The smallest absolute Gasteiger partial charge is 0.310 e. The highest BCUT2D eigenvalue weighted by Gasteiger charge is 2.45. The molecule has 1 saturated carbocycles. The van der Waals surface area contributed by atoms with Crippen LogP contribution >= 0.6 is 11.6 Å². The average molecular weight is 291 g/mol. The summed E-state index contributed by atoms with van der Waals surface area (Å²) in [6.07, 6.45) is 4.35. The maximum absolute atomic E-state index is 12.0. The highest BCUT2D eigenvalue weighted by molar-refractivity contribution is 6.30. The zero-order valence-corrected chi connectivity index (χ0v) is 11.9. The van der Waals surface area contributed by atoms with Gasteiger partial charge in [0.15, 0.2) is 0 Å². The van der Waals surface area contributed by atoms with Gasteiger partial charge >= 0.3 is 5.97 Å². The van der Waals surface area contributed by atoms with Crippen LogP contribution in [0.25, 0.3) is 0 Å². The third kappa shape index (κ3) is 2.70. The van der Waals surface area contributed by atoms with Gasteiger partial charge in [-0.15, -0.1) is 0 Å². The lowest BCUT2D eigenvalue weighted by Gasteiger charge is -2.05. The Bertz CT molecular complexity index is 638. The number of halogens is 1. The van der Waals surface area contributed by atoms with Gasteiger partial charge in [-0.3, -0.25) is 4.79 Å². The van der Waals surface area contributed by atoms with Crippen LogP contribution in [-0.4, -0.2) is 15.5 Å². The molecule has 0 N–H and O–H groups in total. The molecule has 0 unspecified atom stereocenters. The molecule has 104 valence electrons. The van der Waals surface area contributed by atoms with Gasteiger partial charge in [0.05, 0.1) is 5.92 Å². The molecule has 1 fully saturated rings. The van der Waals surface area contributed by atoms with Gasteiger partial charge in [-0.1, -0.05) is 23.7 Å². The summed E-state index contributed by atoms with van der Waals surface area (Å²) >= 11 is 5.96. The minimum Gasteiger partial charge on any atom is -0.457 e. The van der Waals surface area contributed by atoms with E-state index in [9.17, 15) is 4.79 Å². The lowest BCUT2D eigenvalue weighted by Crippen LogP contribution is -2.10. The van der Waals surface area contributed by atoms with E-state index in [0.29, 0.717) is 5.02 Å². The standard InChI is InChI=1S/C15H15ClN2O2/c1-18-6-5-17-14(18)9-20-15(19)13-8-12(13)10-3-2-4-11(16)7-10/h2-7,12-13H,8-9H2,1H3/t12-,13-/m0/s1. The Balaban J connectivity index is 1.56. The highest BCUT2D eigenvalue weighted by Crippen LogP contribution is 2.48. The second-order valence-corrected chi connectivity index (χ2v) is 5.50. The number of aryl methyl sites for hydroxylation is 1. The maximum Gasteiger partial charge on any atom is 0.310 e. The molecule has 1 aliphatic carbocycles. The molecule has 3 rings (SSSR count). The third-order valence-electron chi connectivity index (χ3n) is 3.63. The zero-order chi connectivity index (χ0) is 14.1. The van der Waals surface area contributed by atoms with E-state index in [-0.39, 0.29) is 24.4 Å². The van der Waals surface area contributed by atoms with Gasteiger partial charge in [0.1, 0.15) is 12.4 Å². The van der Waals surface area contributed by atoms with E-state index in [1.54, 1.807) is 6.20 Å². The molecular formula is C15H15ClN2O2.